The van der Waals surface area contributed by atoms with Crippen LogP contribution in [0.3, 0.4) is 0 Å². The lowest BCUT2D eigenvalue weighted by atomic mass is 9.97. The Morgan fingerprint density at radius 1 is 0.875 bits per heavy atom. The molecule has 0 bridgehead atoms. The number of carbonyl (C=O) groups excluding carboxylic acids is 1. The largest absolute Gasteiger partial charge is 0.493 e. The highest BCUT2D eigenvalue weighted by Crippen LogP contribution is 2.41. The van der Waals surface area contributed by atoms with Crippen LogP contribution in [0.15, 0.2) is 72.9 Å². The molecule has 0 radical (unpaired) electrons. The van der Waals surface area contributed by atoms with Crippen LogP contribution in [0.25, 0.3) is 10.9 Å². The van der Waals surface area contributed by atoms with E-state index in [1.54, 1.807) is 14.2 Å². The van der Waals surface area contributed by atoms with Crippen LogP contribution in [0, 0.1) is 0 Å². The van der Waals surface area contributed by atoms with E-state index >= 15 is 0 Å². The molecule has 1 aromatic heterocycles. The molecule has 4 aromatic rings. The molecule has 5 nitrogen and oxygen atoms in total. The van der Waals surface area contributed by atoms with Crippen LogP contribution in [0.1, 0.15) is 33.1 Å². The fourth-order valence-electron chi connectivity index (χ4n) is 4.81. The van der Waals surface area contributed by atoms with Gasteiger partial charge in [0, 0.05) is 41.8 Å². The van der Waals surface area contributed by atoms with Gasteiger partial charge in [0.2, 0.25) is 0 Å². The van der Waals surface area contributed by atoms with Crippen molar-refractivity contribution in [2.24, 2.45) is 7.05 Å². The van der Waals surface area contributed by atoms with Gasteiger partial charge in [-0.2, -0.15) is 0 Å². The van der Waals surface area contributed by atoms with E-state index in [0.717, 1.165) is 28.7 Å². The zero-order valence-electron chi connectivity index (χ0n) is 18.5. The number of rotatable bonds is 6. The van der Waals surface area contributed by atoms with Crippen molar-refractivity contribution in [2.45, 2.75) is 12.5 Å². The van der Waals surface area contributed by atoms with E-state index in [9.17, 15) is 4.79 Å². The second kappa shape index (κ2) is 8.08. The van der Waals surface area contributed by atoms with Crippen molar-refractivity contribution in [3.05, 3.63) is 95.2 Å². The Hall–Kier alpha value is -3.73. The predicted octanol–water partition coefficient (Wildman–Crippen LogP) is 4.98. The molecule has 32 heavy (non-hydrogen) atoms. The molecule has 162 valence electrons. The van der Waals surface area contributed by atoms with Gasteiger partial charge in [-0.15, -0.1) is 0 Å². The van der Waals surface area contributed by atoms with Crippen molar-refractivity contribution >= 4 is 16.8 Å². The van der Waals surface area contributed by atoms with Gasteiger partial charge in [-0.05, 0) is 41.8 Å². The maximum Gasteiger partial charge on any atom is 0.255 e. The molecule has 1 atom stereocenters. The first-order valence-electron chi connectivity index (χ1n) is 10.8. The van der Waals surface area contributed by atoms with Gasteiger partial charge in [0.25, 0.3) is 5.91 Å². The van der Waals surface area contributed by atoms with Crippen LogP contribution >= 0.6 is 0 Å². The number of aryl methyl sites for hydroxylation is 1. The van der Waals surface area contributed by atoms with Crippen molar-refractivity contribution < 1.29 is 14.3 Å². The Bertz CT molecular complexity index is 1310. The van der Waals surface area contributed by atoms with Crippen molar-refractivity contribution in [1.82, 2.24) is 9.47 Å². The summed E-state index contributed by atoms with van der Waals surface area (Å²) in [5.74, 6) is 1.49. The van der Waals surface area contributed by atoms with Crippen LogP contribution in [0.4, 0.5) is 0 Å². The highest BCUT2D eigenvalue weighted by Gasteiger charge is 2.38. The molecular formula is C27H26N2O3. The molecule has 1 aliphatic rings. The first kappa shape index (κ1) is 20.2. The number of methoxy groups -OCH3 is 2. The molecule has 5 heteroatoms. The summed E-state index contributed by atoms with van der Waals surface area (Å²) in [5, 5.41) is 1.18. The Morgan fingerprint density at radius 2 is 1.62 bits per heavy atom. The number of hydrogen-bond acceptors (Lipinski definition) is 3. The van der Waals surface area contributed by atoms with Crippen molar-refractivity contribution in [1.29, 1.82) is 0 Å². The molecule has 0 aliphatic carbocycles. The third-order valence-corrected chi connectivity index (χ3v) is 6.37. The zero-order chi connectivity index (χ0) is 22.2. The summed E-state index contributed by atoms with van der Waals surface area (Å²) in [4.78, 5) is 15.4. The SMILES string of the molecule is COc1ccc(CCN2C(=O)c3ccccc3C2c2cn(C)c3ccccc23)cc1OC. The molecule has 1 unspecified atom stereocenters. The molecular weight excluding hydrogens is 400 g/mol. The van der Waals surface area contributed by atoms with Gasteiger partial charge < -0.3 is 18.9 Å². The van der Waals surface area contributed by atoms with Gasteiger partial charge in [-0.3, -0.25) is 4.79 Å². The summed E-state index contributed by atoms with van der Waals surface area (Å²) in [6.45, 7) is 0.608. The summed E-state index contributed by atoms with van der Waals surface area (Å²) < 4.78 is 12.9. The quantitative estimate of drug-likeness (QED) is 0.437. The van der Waals surface area contributed by atoms with E-state index in [-0.39, 0.29) is 11.9 Å². The number of para-hydroxylation sites is 1. The second-order valence-corrected chi connectivity index (χ2v) is 8.14. The number of ether oxygens (including phenoxy) is 2. The average molecular weight is 427 g/mol. The van der Waals surface area contributed by atoms with Crippen molar-refractivity contribution in [3.8, 4) is 11.5 Å². The number of fused-ring (bicyclic) bond motifs is 2. The first-order valence-corrected chi connectivity index (χ1v) is 10.8. The summed E-state index contributed by atoms with van der Waals surface area (Å²) in [7, 11) is 5.33. The Balaban J connectivity index is 1.53. The fourth-order valence-corrected chi connectivity index (χ4v) is 4.81. The highest BCUT2D eigenvalue weighted by atomic mass is 16.5. The standard InChI is InChI=1S/C27H26N2O3/c1-28-17-22(19-8-6-7-11-23(19)28)26-20-9-4-5-10-21(20)27(30)29(26)15-14-18-12-13-24(31-2)25(16-18)32-3/h4-13,16-17,26H,14-15H2,1-3H3. The third-order valence-electron chi connectivity index (χ3n) is 6.37. The summed E-state index contributed by atoms with van der Waals surface area (Å²) in [5.41, 5.74) is 5.29. The van der Waals surface area contributed by atoms with Crippen LogP contribution in [0.2, 0.25) is 0 Å². The smallest absolute Gasteiger partial charge is 0.255 e. The van der Waals surface area contributed by atoms with Crippen LogP contribution in [-0.4, -0.2) is 36.1 Å². The molecule has 0 N–H and O–H groups in total. The van der Waals surface area contributed by atoms with Gasteiger partial charge in [-0.1, -0.05) is 42.5 Å². The van der Waals surface area contributed by atoms with Crippen LogP contribution < -0.4 is 9.47 Å². The van der Waals surface area contributed by atoms with Gasteiger partial charge in [0.15, 0.2) is 11.5 Å². The summed E-state index contributed by atoms with van der Waals surface area (Å²) in [6.07, 6.45) is 2.88. The van der Waals surface area contributed by atoms with E-state index in [1.165, 1.54) is 10.9 Å². The third kappa shape index (κ3) is 3.21. The van der Waals surface area contributed by atoms with Crippen molar-refractivity contribution in [3.63, 3.8) is 0 Å². The van der Waals surface area contributed by atoms with Gasteiger partial charge in [0.05, 0.1) is 20.3 Å². The lowest BCUT2D eigenvalue weighted by Gasteiger charge is -2.25. The average Bonchev–Trinajstić information content (AvgIpc) is 3.31. The molecule has 2 heterocycles. The summed E-state index contributed by atoms with van der Waals surface area (Å²) in [6, 6.07) is 22.2. The van der Waals surface area contributed by atoms with Gasteiger partial charge in [0.1, 0.15) is 0 Å². The molecule has 0 fully saturated rings. The van der Waals surface area contributed by atoms with Crippen LogP contribution in [0.5, 0.6) is 11.5 Å². The molecule has 1 amide bonds. The maximum atomic E-state index is 13.4. The number of nitrogens with zero attached hydrogens (tertiary/aromatic N) is 2. The number of carbonyl (C=O) groups is 1. The highest BCUT2D eigenvalue weighted by molar-refractivity contribution is 6.00. The van der Waals surface area contributed by atoms with E-state index in [0.29, 0.717) is 18.0 Å². The summed E-state index contributed by atoms with van der Waals surface area (Å²) >= 11 is 0. The number of benzene rings is 3. The minimum absolute atomic E-state index is 0.0824. The van der Waals surface area contributed by atoms with Gasteiger partial charge in [-0.25, -0.2) is 0 Å². The number of hydrogen-bond donors (Lipinski definition) is 0. The first-order chi connectivity index (χ1) is 15.6. The van der Waals surface area contributed by atoms with Gasteiger partial charge >= 0.3 is 0 Å². The second-order valence-electron chi connectivity index (χ2n) is 8.14. The van der Waals surface area contributed by atoms with E-state index in [2.05, 4.69) is 48.1 Å². The molecule has 0 saturated carbocycles. The number of amides is 1. The predicted molar refractivity (Wildman–Crippen MR) is 125 cm³/mol. The van der Waals surface area contributed by atoms with Crippen LogP contribution in [-0.2, 0) is 13.5 Å². The number of aromatic nitrogens is 1. The Morgan fingerprint density at radius 3 is 2.44 bits per heavy atom. The Labute approximate surface area is 187 Å². The maximum absolute atomic E-state index is 13.4. The zero-order valence-corrected chi connectivity index (χ0v) is 18.5. The van der Waals surface area contributed by atoms with E-state index < -0.39 is 0 Å². The topological polar surface area (TPSA) is 43.7 Å². The molecule has 1 aliphatic heterocycles. The molecule has 5 rings (SSSR count). The lowest BCUT2D eigenvalue weighted by Crippen LogP contribution is -2.30. The molecule has 0 saturated heterocycles. The van der Waals surface area contributed by atoms with E-state index in [1.807, 2.05) is 41.3 Å². The minimum atomic E-state index is -0.107. The normalized spacial score (nSPS) is 15.3. The Kier molecular flexibility index (Phi) is 5.10. The lowest BCUT2D eigenvalue weighted by molar-refractivity contribution is 0.0752. The minimum Gasteiger partial charge on any atom is -0.493 e. The molecule has 3 aromatic carbocycles. The van der Waals surface area contributed by atoms with Crippen molar-refractivity contribution in [2.75, 3.05) is 20.8 Å². The fraction of sp³-hybridized carbons (Fsp3) is 0.222. The molecule has 0 spiro atoms. The van der Waals surface area contributed by atoms with E-state index in [4.69, 9.17) is 9.47 Å². The monoisotopic (exact) mass is 426 g/mol.